The van der Waals surface area contributed by atoms with Crippen LogP contribution in [0.4, 0.5) is 5.69 Å². The second-order valence-corrected chi connectivity index (χ2v) is 5.31. The fourth-order valence-electron chi connectivity index (χ4n) is 2.36. The lowest BCUT2D eigenvalue weighted by atomic mass is 10.0. The second-order valence-electron chi connectivity index (χ2n) is 5.31. The largest absolute Gasteiger partial charge is 0.497 e. The number of anilines is 1. The maximum absolute atomic E-state index is 12.1. The molecule has 0 aliphatic carbocycles. The number of carbonyl (C=O) groups excluding carboxylic acids is 1. The fraction of sp³-hybridized carbons (Fsp3) is 0.211. The van der Waals surface area contributed by atoms with E-state index < -0.39 is 0 Å². The molecular formula is C19H21NO2. The highest BCUT2D eigenvalue weighted by Crippen LogP contribution is 2.22. The third-order valence-corrected chi connectivity index (χ3v) is 3.61. The van der Waals surface area contributed by atoms with E-state index in [1.54, 1.807) is 13.2 Å². The van der Waals surface area contributed by atoms with E-state index in [1.807, 2.05) is 63.2 Å². The van der Waals surface area contributed by atoms with Crippen LogP contribution in [0.3, 0.4) is 0 Å². The topological polar surface area (TPSA) is 38.3 Å². The molecule has 0 saturated heterocycles. The maximum Gasteiger partial charge on any atom is 0.248 e. The van der Waals surface area contributed by atoms with E-state index >= 15 is 0 Å². The van der Waals surface area contributed by atoms with Gasteiger partial charge >= 0.3 is 0 Å². The Morgan fingerprint density at radius 3 is 2.27 bits per heavy atom. The van der Waals surface area contributed by atoms with E-state index in [0.29, 0.717) is 0 Å². The van der Waals surface area contributed by atoms with Crippen LogP contribution in [-0.2, 0) is 4.79 Å². The van der Waals surface area contributed by atoms with Crippen molar-refractivity contribution in [2.45, 2.75) is 20.8 Å². The van der Waals surface area contributed by atoms with Crippen LogP contribution in [0.25, 0.3) is 6.08 Å². The standard InChI is InChI=1S/C19H21NO2/c1-13-7-5-6-8-18(13)20-19(21)10-9-17-14(2)11-16(22-4)12-15(17)3/h5-12H,1-4H3,(H,20,21)/b10-9+. The minimum atomic E-state index is -0.135. The lowest BCUT2D eigenvalue weighted by Gasteiger charge is -2.09. The summed E-state index contributed by atoms with van der Waals surface area (Å²) in [4.78, 5) is 12.1. The predicted octanol–water partition coefficient (Wildman–Crippen LogP) is 4.27. The summed E-state index contributed by atoms with van der Waals surface area (Å²) in [5.41, 5.74) is 5.08. The molecule has 0 aliphatic rings. The summed E-state index contributed by atoms with van der Waals surface area (Å²) in [5, 5.41) is 2.89. The second kappa shape index (κ2) is 6.94. The van der Waals surface area contributed by atoms with Crippen LogP contribution in [0.5, 0.6) is 5.75 Å². The van der Waals surface area contributed by atoms with Crippen molar-refractivity contribution in [3.63, 3.8) is 0 Å². The molecule has 22 heavy (non-hydrogen) atoms. The number of hydrogen-bond acceptors (Lipinski definition) is 2. The van der Waals surface area contributed by atoms with Crippen molar-refractivity contribution in [1.82, 2.24) is 0 Å². The Hall–Kier alpha value is -2.55. The van der Waals surface area contributed by atoms with Gasteiger partial charge in [-0.05, 0) is 67.3 Å². The minimum Gasteiger partial charge on any atom is -0.497 e. The van der Waals surface area contributed by atoms with E-state index in [9.17, 15) is 4.79 Å². The van der Waals surface area contributed by atoms with Gasteiger partial charge in [0.1, 0.15) is 5.75 Å². The number of hydrogen-bond donors (Lipinski definition) is 1. The van der Waals surface area contributed by atoms with Crippen molar-refractivity contribution in [3.8, 4) is 5.75 Å². The minimum absolute atomic E-state index is 0.135. The molecule has 0 atom stereocenters. The number of amides is 1. The van der Waals surface area contributed by atoms with Gasteiger partial charge in [0.05, 0.1) is 7.11 Å². The molecule has 2 rings (SSSR count). The van der Waals surface area contributed by atoms with Crippen LogP contribution in [0.15, 0.2) is 42.5 Å². The van der Waals surface area contributed by atoms with Crippen molar-refractivity contribution in [1.29, 1.82) is 0 Å². The van der Waals surface area contributed by atoms with E-state index in [1.165, 1.54) is 0 Å². The summed E-state index contributed by atoms with van der Waals surface area (Å²) < 4.78 is 5.25. The van der Waals surface area contributed by atoms with Crippen molar-refractivity contribution in [2.75, 3.05) is 12.4 Å². The number of methoxy groups -OCH3 is 1. The number of para-hydroxylation sites is 1. The fourth-order valence-corrected chi connectivity index (χ4v) is 2.36. The normalized spacial score (nSPS) is 10.7. The van der Waals surface area contributed by atoms with Crippen molar-refractivity contribution < 1.29 is 9.53 Å². The number of nitrogens with one attached hydrogen (secondary N) is 1. The zero-order valence-electron chi connectivity index (χ0n) is 13.4. The molecule has 0 saturated carbocycles. The number of ether oxygens (including phenoxy) is 1. The van der Waals surface area contributed by atoms with Gasteiger partial charge < -0.3 is 10.1 Å². The van der Waals surface area contributed by atoms with E-state index in [2.05, 4.69) is 5.32 Å². The van der Waals surface area contributed by atoms with Gasteiger partial charge in [-0.3, -0.25) is 4.79 Å². The summed E-state index contributed by atoms with van der Waals surface area (Å²) in [6.07, 6.45) is 3.41. The number of aryl methyl sites for hydroxylation is 3. The van der Waals surface area contributed by atoms with Gasteiger partial charge in [-0.2, -0.15) is 0 Å². The molecule has 3 nitrogen and oxygen atoms in total. The van der Waals surface area contributed by atoms with Crippen molar-refractivity contribution in [2.24, 2.45) is 0 Å². The van der Waals surface area contributed by atoms with Crippen LogP contribution < -0.4 is 10.1 Å². The quantitative estimate of drug-likeness (QED) is 0.855. The van der Waals surface area contributed by atoms with Crippen LogP contribution in [0, 0.1) is 20.8 Å². The van der Waals surface area contributed by atoms with Gasteiger partial charge in [0.15, 0.2) is 0 Å². The smallest absolute Gasteiger partial charge is 0.248 e. The Bertz CT molecular complexity index is 694. The van der Waals surface area contributed by atoms with Crippen LogP contribution in [0.1, 0.15) is 22.3 Å². The highest BCUT2D eigenvalue weighted by Gasteiger charge is 2.04. The molecule has 114 valence electrons. The van der Waals surface area contributed by atoms with Gasteiger partial charge in [0, 0.05) is 11.8 Å². The lowest BCUT2D eigenvalue weighted by molar-refractivity contribution is -0.111. The summed E-state index contributed by atoms with van der Waals surface area (Å²) in [6, 6.07) is 11.6. The first-order valence-corrected chi connectivity index (χ1v) is 7.21. The highest BCUT2D eigenvalue weighted by molar-refractivity contribution is 6.02. The van der Waals surface area contributed by atoms with E-state index in [-0.39, 0.29) is 5.91 Å². The van der Waals surface area contributed by atoms with Crippen molar-refractivity contribution in [3.05, 3.63) is 64.7 Å². The molecule has 0 spiro atoms. The molecular weight excluding hydrogens is 274 g/mol. The molecule has 0 aromatic heterocycles. The van der Waals surface area contributed by atoms with Crippen LogP contribution in [-0.4, -0.2) is 13.0 Å². The average Bonchev–Trinajstić information content (AvgIpc) is 2.48. The monoisotopic (exact) mass is 295 g/mol. The molecule has 0 unspecified atom stereocenters. The molecule has 1 N–H and O–H groups in total. The van der Waals surface area contributed by atoms with Crippen molar-refractivity contribution >= 4 is 17.7 Å². The average molecular weight is 295 g/mol. The number of benzene rings is 2. The van der Waals surface area contributed by atoms with Gasteiger partial charge in [0.25, 0.3) is 0 Å². The molecule has 2 aromatic rings. The number of carbonyl (C=O) groups is 1. The Labute approximate surface area is 131 Å². The van der Waals surface area contributed by atoms with E-state index in [4.69, 9.17) is 4.74 Å². The molecule has 0 fully saturated rings. The Morgan fingerprint density at radius 2 is 1.68 bits per heavy atom. The maximum atomic E-state index is 12.1. The lowest BCUT2D eigenvalue weighted by Crippen LogP contribution is -2.08. The van der Waals surface area contributed by atoms with E-state index in [0.717, 1.165) is 33.7 Å². The molecule has 3 heteroatoms. The molecule has 0 heterocycles. The molecule has 0 radical (unpaired) electrons. The predicted molar refractivity (Wildman–Crippen MR) is 91.3 cm³/mol. The van der Waals surface area contributed by atoms with Gasteiger partial charge in [-0.1, -0.05) is 18.2 Å². The first-order chi connectivity index (χ1) is 10.5. The van der Waals surface area contributed by atoms with Crippen LogP contribution >= 0.6 is 0 Å². The van der Waals surface area contributed by atoms with Crippen LogP contribution in [0.2, 0.25) is 0 Å². The zero-order valence-corrected chi connectivity index (χ0v) is 13.4. The molecule has 0 bridgehead atoms. The highest BCUT2D eigenvalue weighted by atomic mass is 16.5. The third kappa shape index (κ3) is 3.76. The zero-order chi connectivity index (χ0) is 16.1. The SMILES string of the molecule is COc1cc(C)c(/C=C/C(=O)Nc2ccccc2C)c(C)c1. The first-order valence-electron chi connectivity index (χ1n) is 7.21. The molecule has 0 aliphatic heterocycles. The molecule has 1 amide bonds. The Kier molecular flexibility index (Phi) is 4.99. The summed E-state index contributed by atoms with van der Waals surface area (Å²) in [5.74, 6) is 0.695. The van der Waals surface area contributed by atoms with Gasteiger partial charge in [-0.25, -0.2) is 0 Å². The number of rotatable bonds is 4. The Morgan fingerprint density at radius 1 is 1.05 bits per heavy atom. The first kappa shape index (κ1) is 15.8. The summed E-state index contributed by atoms with van der Waals surface area (Å²) >= 11 is 0. The summed E-state index contributed by atoms with van der Waals surface area (Å²) in [6.45, 7) is 5.99. The third-order valence-electron chi connectivity index (χ3n) is 3.61. The Balaban J connectivity index is 2.15. The summed E-state index contributed by atoms with van der Waals surface area (Å²) in [7, 11) is 1.65. The molecule has 2 aromatic carbocycles. The van der Waals surface area contributed by atoms with Gasteiger partial charge in [0.2, 0.25) is 5.91 Å². The van der Waals surface area contributed by atoms with Gasteiger partial charge in [-0.15, -0.1) is 0 Å².